The third-order valence-electron chi connectivity index (χ3n) is 3.59. The highest BCUT2D eigenvalue weighted by Gasteiger charge is 2.20. The molecule has 0 bridgehead atoms. The van der Waals surface area contributed by atoms with Gasteiger partial charge in [-0.05, 0) is 48.4 Å². The van der Waals surface area contributed by atoms with E-state index < -0.39 is 0 Å². The Morgan fingerprint density at radius 2 is 1.56 bits per heavy atom. The van der Waals surface area contributed by atoms with Crippen LogP contribution in [0.1, 0.15) is 43.5 Å². The van der Waals surface area contributed by atoms with Gasteiger partial charge >= 0.3 is 0 Å². The molecule has 2 heteroatoms. The molecule has 1 aromatic carbocycles. The van der Waals surface area contributed by atoms with Gasteiger partial charge in [0.25, 0.3) is 0 Å². The summed E-state index contributed by atoms with van der Waals surface area (Å²) in [5.41, 5.74) is 9.83. The van der Waals surface area contributed by atoms with Crippen molar-refractivity contribution in [2.24, 2.45) is 17.6 Å². The number of hydrogen-bond donors (Lipinski definition) is 1. The van der Waals surface area contributed by atoms with Crippen LogP contribution in [0.4, 0.5) is 0 Å². The van der Waals surface area contributed by atoms with Crippen LogP contribution in [0.3, 0.4) is 0 Å². The van der Waals surface area contributed by atoms with E-state index in [-0.39, 0.29) is 6.04 Å². The largest absolute Gasteiger partial charge is 0.324 e. The van der Waals surface area contributed by atoms with Crippen molar-refractivity contribution in [3.8, 4) is 0 Å². The van der Waals surface area contributed by atoms with Gasteiger partial charge in [0.05, 0.1) is 0 Å². The molecule has 0 saturated carbocycles. The quantitative estimate of drug-likeness (QED) is 0.839. The van der Waals surface area contributed by atoms with Crippen LogP contribution >= 0.6 is 11.6 Å². The molecule has 0 heterocycles. The lowest BCUT2D eigenvalue weighted by Gasteiger charge is -2.25. The summed E-state index contributed by atoms with van der Waals surface area (Å²) in [7, 11) is 0. The smallest absolute Gasteiger partial charge is 0.0456 e. The first-order valence-corrected chi connectivity index (χ1v) is 6.24. The first kappa shape index (κ1) is 13.5. The summed E-state index contributed by atoms with van der Waals surface area (Å²) in [6.07, 6.45) is 0. The van der Waals surface area contributed by atoms with Crippen molar-refractivity contribution in [2.45, 2.75) is 40.7 Å². The number of rotatable bonds is 3. The van der Waals surface area contributed by atoms with Gasteiger partial charge in [-0.1, -0.05) is 38.4 Å². The SMILES string of the molecule is Cc1cc(Cl)c(C(N)C(C)C(C)C)cc1C. The highest BCUT2D eigenvalue weighted by atomic mass is 35.5. The molecule has 0 aliphatic rings. The highest BCUT2D eigenvalue weighted by molar-refractivity contribution is 6.31. The number of hydrogen-bond acceptors (Lipinski definition) is 1. The average Bonchev–Trinajstić information content (AvgIpc) is 2.21. The molecule has 0 aliphatic carbocycles. The Morgan fingerprint density at radius 3 is 2.06 bits per heavy atom. The van der Waals surface area contributed by atoms with Crippen LogP contribution in [0.15, 0.2) is 12.1 Å². The van der Waals surface area contributed by atoms with Gasteiger partial charge in [0.15, 0.2) is 0 Å². The molecule has 2 atom stereocenters. The van der Waals surface area contributed by atoms with E-state index in [4.69, 9.17) is 17.3 Å². The molecule has 1 rings (SSSR count). The zero-order valence-electron chi connectivity index (χ0n) is 10.8. The third kappa shape index (κ3) is 2.78. The van der Waals surface area contributed by atoms with E-state index >= 15 is 0 Å². The van der Waals surface area contributed by atoms with Crippen molar-refractivity contribution in [3.63, 3.8) is 0 Å². The molecule has 0 saturated heterocycles. The average molecular weight is 240 g/mol. The lowest BCUT2D eigenvalue weighted by atomic mass is 9.86. The van der Waals surface area contributed by atoms with Gasteiger partial charge in [-0.15, -0.1) is 0 Å². The summed E-state index contributed by atoms with van der Waals surface area (Å²) in [5.74, 6) is 0.993. The molecule has 1 aromatic rings. The summed E-state index contributed by atoms with van der Waals surface area (Å²) >= 11 is 6.27. The van der Waals surface area contributed by atoms with Crippen LogP contribution in [0.2, 0.25) is 5.02 Å². The maximum absolute atomic E-state index is 6.27. The molecular weight excluding hydrogens is 218 g/mol. The van der Waals surface area contributed by atoms with E-state index in [1.165, 1.54) is 11.1 Å². The number of halogens is 1. The van der Waals surface area contributed by atoms with Crippen LogP contribution in [0.25, 0.3) is 0 Å². The standard InChI is InChI=1S/C14H22ClN/c1-8(2)11(5)14(16)12-6-9(3)10(4)7-13(12)15/h6-8,11,14H,16H2,1-5H3. The van der Waals surface area contributed by atoms with E-state index in [1.54, 1.807) is 0 Å². The molecule has 16 heavy (non-hydrogen) atoms. The number of aryl methyl sites for hydroxylation is 2. The first-order valence-electron chi connectivity index (χ1n) is 5.86. The second-order valence-electron chi connectivity index (χ2n) is 5.09. The fraction of sp³-hybridized carbons (Fsp3) is 0.571. The second kappa shape index (κ2) is 5.20. The Balaban J connectivity index is 3.08. The summed E-state index contributed by atoms with van der Waals surface area (Å²) in [5, 5.41) is 0.795. The van der Waals surface area contributed by atoms with Crippen molar-refractivity contribution >= 4 is 11.6 Å². The minimum Gasteiger partial charge on any atom is -0.324 e. The highest BCUT2D eigenvalue weighted by Crippen LogP contribution is 2.32. The van der Waals surface area contributed by atoms with Gasteiger partial charge in [0.1, 0.15) is 0 Å². The van der Waals surface area contributed by atoms with Crippen molar-refractivity contribution in [1.82, 2.24) is 0 Å². The van der Waals surface area contributed by atoms with E-state index in [0.29, 0.717) is 11.8 Å². The number of nitrogens with two attached hydrogens (primary N) is 1. The Kier molecular flexibility index (Phi) is 4.40. The van der Waals surface area contributed by atoms with Gasteiger partial charge < -0.3 is 5.73 Å². The predicted octanol–water partition coefficient (Wildman–Crippen LogP) is 4.25. The van der Waals surface area contributed by atoms with E-state index in [1.807, 2.05) is 6.07 Å². The van der Waals surface area contributed by atoms with E-state index in [9.17, 15) is 0 Å². The topological polar surface area (TPSA) is 26.0 Å². The minimum atomic E-state index is 0.0202. The van der Waals surface area contributed by atoms with Crippen LogP contribution < -0.4 is 5.73 Å². The Hall–Kier alpha value is -0.530. The maximum Gasteiger partial charge on any atom is 0.0456 e. The lowest BCUT2D eigenvalue weighted by molar-refractivity contribution is 0.352. The molecule has 0 aromatic heterocycles. The third-order valence-corrected chi connectivity index (χ3v) is 3.92. The number of benzene rings is 1. The maximum atomic E-state index is 6.27. The molecule has 0 aliphatic heterocycles. The monoisotopic (exact) mass is 239 g/mol. The van der Waals surface area contributed by atoms with Gasteiger partial charge in [0.2, 0.25) is 0 Å². The first-order chi connectivity index (χ1) is 7.34. The van der Waals surface area contributed by atoms with Crippen LogP contribution in [0.5, 0.6) is 0 Å². The molecule has 2 N–H and O–H groups in total. The van der Waals surface area contributed by atoms with Crippen LogP contribution in [-0.2, 0) is 0 Å². The molecule has 0 amide bonds. The van der Waals surface area contributed by atoms with Gasteiger partial charge in [-0.25, -0.2) is 0 Å². The van der Waals surface area contributed by atoms with Crippen LogP contribution in [0, 0.1) is 25.7 Å². The normalized spacial score (nSPS) is 15.2. The molecule has 1 nitrogen and oxygen atoms in total. The van der Waals surface area contributed by atoms with Crippen molar-refractivity contribution < 1.29 is 0 Å². The van der Waals surface area contributed by atoms with Gasteiger partial charge in [-0.3, -0.25) is 0 Å². The van der Waals surface area contributed by atoms with Crippen LogP contribution in [-0.4, -0.2) is 0 Å². The molecule has 0 radical (unpaired) electrons. The van der Waals surface area contributed by atoms with Crippen molar-refractivity contribution in [1.29, 1.82) is 0 Å². The molecule has 2 unspecified atom stereocenters. The summed E-state index contributed by atoms with van der Waals surface area (Å²) in [4.78, 5) is 0. The zero-order valence-corrected chi connectivity index (χ0v) is 11.6. The predicted molar refractivity (Wildman–Crippen MR) is 71.9 cm³/mol. The minimum absolute atomic E-state index is 0.0202. The molecule has 90 valence electrons. The molecule has 0 spiro atoms. The van der Waals surface area contributed by atoms with Crippen molar-refractivity contribution in [2.75, 3.05) is 0 Å². The fourth-order valence-corrected chi connectivity index (χ4v) is 2.10. The van der Waals surface area contributed by atoms with Gasteiger partial charge in [-0.2, -0.15) is 0 Å². The Labute approximate surface area is 104 Å². The Morgan fingerprint density at radius 1 is 1.06 bits per heavy atom. The molecular formula is C14H22ClN. The van der Waals surface area contributed by atoms with Gasteiger partial charge in [0, 0.05) is 11.1 Å². The van der Waals surface area contributed by atoms with E-state index in [2.05, 4.69) is 40.7 Å². The summed E-state index contributed by atoms with van der Waals surface area (Å²) in [6.45, 7) is 10.7. The van der Waals surface area contributed by atoms with Crippen molar-refractivity contribution in [3.05, 3.63) is 33.8 Å². The second-order valence-corrected chi connectivity index (χ2v) is 5.49. The molecule has 0 fully saturated rings. The summed E-state index contributed by atoms with van der Waals surface area (Å²) < 4.78 is 0. The Bertz CT molecular complexity index is 371. The summed E-state index contributed by atoms with van der Waals surface area (Å²) in [6, 6.07) is 4.16. The lowest BCUT2D eigenvalue weighted by Crippen LogP contribution is -2.23. The van der Waals surface area contributed by atoms with E-state index in [0.717, 1.165) is 10.6 Å². The zero-order chi connectivity index (χ0) is 12.5. The fourth-order valence-electron chi connectivity index (χ4n) is 1.76.